The number of carboxylic acid groups (broad SMARTS) is 1. The first-order valence-electron chi connectivity index (χ1n) is 17.2. The molecule has 0 bridgehead atoms. The largest absolute Gasteiger partial charge is 0.491 e. The first-order chi connectivity index (χ1) is 21.1. The number of aliphatic carboxylic acids is 1. The lowest BCUT2D eigenvalue weighted by atomic mass is 9.36. The van der Waals surface area contributed by atoms with Gasteiger partial charge in [-0.1, -0.05) is 58.9 Å². The quantitative estimate of drug-likeness (QED) is 0.236. The fraction of sp³-hybridized carbons (Fsp3) is 0.650. The maximum atomic E-state index is 13.2. The highest BCUT2D eigenvalue weighted by atomic mass is 16.5. The molecule has 0 heterocycles. The van der Waals surface area contributed by atoms with Crippen molar-refractivity contribution in [2.75, 3.05) is 0 Å². The third kappa shape index (κ3) is 5.40. The van der Waals surface area contributed by atoms with Gasteiger partial charge in [0.15, 0.2) is 0 Å². The molecule has 1 aromatic rings. The predicted molar refractivity (Wildman–Crippen MR) is 180 cm³/mol. The van der Waals surface area contributed by atoms with Gasteiger partial charge in [0.05, 0.1) is 23.5 Å². The van der Waals surface area contributed by atoms with Crippen molar-refractivity contribution in [2.45, 2.75) is 119 Å². The maximum Gasteiger partial charge on any atom is 0.331 e. The topological polar surface area (TPSA) is 90.5 Å². The molecule has 0 spiro atoms. The lowest BCUT2D eigenvalue weighted by Crippen LogP contribution is -2.65. The van der Waals surface area contributed by atoms with Crippen molar-refractivity contribution in [1.29, 1.82) is 5.26 Å². The van der Waals surface area contributed by atoms with Crippen LogP contribution in [0.5, 0.6) is 0 Å². The molecule has 0 amide bonds. The van der Waals surface area contributed by atoms with E-state index in [0.717, 1.165) is 48.0 Å². The number of benzene rings is 1. The molecule has 0 saturated heterocycles. The van der Waals surface area contributed by atoms with Crippen LogP contribution >= 0.6 is 0 Å². The van der Waals surface area contributed by atoms with E-state index in [-0.39, 0.29) is 34.2 Å². The molecular formula is C40H55NO4. The van der Waals surface area contributed by atoms with Gasteiger partial charge < -0.3 is 14.9 Å². The minimum atomic E-state index is -0.898. The van der Waals surface area contributed by atoms with Gasteiger partial charge in [-0.25, -0.2) is 4.79 Å². The van der Waals surface area contributed by atoms with E-state index in [0.29, 0.717) is 53.9 Å². The second kappa shape index (κ2) is 12.1. The SMILES string of the molecule is C=C(C)OC1C[C@@]2(C)[C@@H](C[C@@H](O)[C@H]3[C@@]4(C)CC[C@@H](C)[C@H](C)[C@@H]4CC[C@@]32C)/C1=C(/CCC(=C(C)C)c1ccc(C#N)cc1)C(=O)O. The van der Waals surface area contributed by atoms with E-state index < -0.39 is 12.1 Å². The summed E-state index contributed by atoms with van der Waals surface area (Å²) in [4.78, 5) is 13.2. The monoisotopic (exact) mass is 613 g/mol. The average Bonchev–Trinajstić information content (AvgIpc) is 3.24. The van der Waals surface area contributed by atoms with Crippen LogP contribution in [0.25, 0.3) is 5.57 Å². The molecule has 0 aliphatic heterocycles. The van der Waals surface area contributed by atoms with Gasteiger partial charge >= 0.3 is 5.97 Å². The minimum absolute atomic E-state index is 0.0680. The van der Waals surface area contributed by atoms with E-state index >= 15 is 0 Å². The van der Waals surface area contributed by atoms with E-state index in [1.807, 2.05) is 31.2 Å². The zero-order valence-corrected chi connectivity index (χ0v) is 28.9. The number of nitriles is 1. The zero-order chi connectivity index (χ0) is 33.1. The fourth-order valence-electron chi connectivity index (χ4n) is 11.2. The molecular weight excluding hydrogens is 558 g/mol. The number of carbonyl (C=O) groups is 1. The van der Waals surface area contributed by atoms with Crippen LogP contribution in [0, 0.1) is 57.2 Å². The number of fused-ring (bicyclic) bond motifs is 5. The molecule has 4 aliphatic carbocycles. The smallest absolute Gasteiger partial charge is 0.331 e. The number of hydrogen-bond acceptors (Lipinski definition) is 4. The third-order valence-electron chi connectivity index (χ3n) is 13.7. The first kappa shape index (κ1) is 33.5. The molecule has 5 heteroatoms. The highest BCUT2D eigenvalue weighted by molar-refractivity contribution is 5.88. The molecule has 1 unspecified atom stereocenters. The predicted octanol–water partition coefficient (Wildman–Crippen LogP) is 9.33. The van der Waals surface area contributed by atoms with Crippen molar-refractivity contribution < 1.29 is 19.7 Å². The number of hydrogen-bond donors (Lipinski definition) is 2. The summed E-state index contributed by atoms with van der Waals surface area (Å²) in [6.45, 7) is 22.1. The fourth-order valence-corrected chi connectivity index (χ4v) is 11.2. The Bertz CT molecular complexity index is 1440. The minimum Gasteiger partial charge on any atom is -0.491 e. The second-order valence-corrected chi connectivity index (χ2v) is 16.1. The van der Waals surface area contributed by atoms with E-state index in [1.165, 1.54) is 6.42 Å². The van der Waals surface area contributed by atoms with E-state index in [4.69, 9.17) is 4.74 Å². The number of ether oxygens (including phenoxy) is 1. The van der Waals surface area contributed by atoms with Crippen molar-refractivity contribution in [3.63, 3.8) is 0 Å². The highest BCUT2D eigenvalue weighted by Crippen LogP contribution is 2.74. The van der Waals surface area contributed by atoms with Crippen LogP contribution in [0.2, 0.25) is 0 Å². The van der Waals surface area contributed by atoms with Gasteiger partial charge in [0, 0.05) is 5.57 Å². The third-order valence-corrected chi connectivity index (χ3v) is 13.7. The Labute approximate surface area is 271 Å². The zero-order valence-electron chi connectivity index (χ0n) is 28.9. The van der Waals surface area contributed by atoms with Crippen LogP contribution in [-0.4, -0.2) is 28.4 Å². The Hall–Kier alpha value is -2.84. The average molecular weight is 614 g/mol. The molecule has 244 valence electrons. The number of nitrogens with zero attached hydrogens (tertiary/aromatic N) is 1. The first-order valence-corrected chi connectivity index (χ1v) is 17.2. The van der Waals surface area contributed by atoms with Crippen molar-refractivity contribution in [3.05, 3.63) is 64.4 Å². The summed E-state index contributed by atoms with van der Waals surface area (Å²) in [5.41, 5.74) is 4.86. The van der Waals surface area contributed by atoms with Crippen LogP contribution in [0.4, 0.5) is 0 Å². The van der Waals surface area contributed by atoms with Crippen molar-refractivity contribution in [2.24, 2.45) is 45.8 Å². The maximum absolute atomic E-state index is 13.2. The molecule has 1 aromatic carbocycles. The van der Waals surface area contributed by atoms with Crippen LogP contribution in [0.3, 0.4) is 0 Å². The molecule has 4 aliphatic rings. The second-order valence-electron chi connectivity index (χ2n) is 16.1. The molecule has 45 heavy (non-hydrogen) atoms. The summed E-state index contributed by atoms with van der Waals surface area (Å²) in [5.74, 6) is 1.75. The summed E-state index contributed by atoms with van der Waals surface area (Å²) in [6, 6.07) is 9.72. The molecule has 0 aromatic heterocycles. The Balaban J connectivity index is 1.57. The van der Waals surface area contributed by atoms with Gasteiger partial charge in [-0.15, -0.1) is 0 Å². The van der Waals surface area contributed by atoms with Gasteiger partial charge in [-0.3, -0.25) is 0 Å². The van der Waals surface area contributed by atoms with E-state index in [1.54, 1.807) is 0 Å². The van der Waals surface area contributed by atoms with Crippen LogP contribution in [-0.2, 0) is 9.53 Å². The van der Waals surface area contributed by atoms with Gasteiger partial charge in [0.25, 0.3) is 0 Å². The Morgan fingerprint density at radius 1 is 1.04 bits per heavy atom. The molecule has 5 nitrogen and oxygen atoms in total. The number of aliphatic hydroxyl groups is 1. The number of carboxylic acids is 1. The highest BCUT2D eigenvalue weighted by Gasteiger charge is 2.70. The Morgan fingerprint density at radius 3 is 2.29 bits per heavy atom. The number of aliphatic hydroxyl groups excluding tert-OH is 1. The normalized spacial score (nSPS) is 39.9. The molecule has 0 radical (unpaired) electrons. The standard InChI is InChI=1S/C40H55NO4/c1-23(2)29(28-12-10-27(22-41)11-13-28)14-15-30(37(43)44)35-32-20-33(42)36-38(7)18-16-25(5)26(6)31(38)17-19-39(36,8)40(32,9)21-34(35)45-24(3)4/h10-13,25-26,31-34,36,42H,3,14-21H2,1-2,4-9H3,(H,43,44)/b35-30+/t25-,26+,31+,32+,33-,34?,36+,38+,39+,40+/m1/s1. The van der Waals surface area contributed by atoms with Crippen LogP contribution < -0.4 is 0 Å². The molecule has 2 N–H and O–H groups in total. The lowest BCUT2D eigenvalue weighted by Gasteiger charge is -2.69. The summed E-state index contributed by atoms with van der Waals surface area (Å²) in [6.07, 6.45) is 5.98. The Kier molecular flexibility index (Phi) is 8.99. The summed E-state index contributed by atoms with van der Waals surface area (Å²) in [5, 5.41) is 32.3. The van der Waals surface area contributed by atoms with Crippen LogP contribution in [0.15, 0.2) is 53.3 Å². The van der Waals surface area contributed by atoms with Crippen molar-refractivity contribution >= 4 is 11.5 Å². The Morgan fingerprint density at radius 2 is 1.71 bits per heavy atom. The summed E-state index contributed by atoms with van der Waals surface area (Å²) >= 11 is 0. The molecule has 10 atom stereocenters. The van der Waals surface area contributed by atoms with Crippen LogP contribution in [0.1, 0.15) is 118 Å². The van der Waals surface area contributed by atoms with Crippen molar-refractivity contribution in [1.82, 2.24) is 0 Å². The molecule has 5 rings (SSSR count). The lowest BCUT2D eigenvalue weighted by molar-refractivity contribution is -0.229. The number of allylic oxidation sites excluding steroid dienone is 3. The van der Waals surface area contributed by atoms with E-state index in [9.17, 15) is 20.3 Å². The van der Waals surface area contributed by atoms with Gasteiger partial charge in [0.1, 0.15) is 6.10 Å². The summed E-state index contributed by atoms with van der Waals surface area (Å²) < 4.78 is 6.46. The van der Waals surface area contributed by atoms with Gasteiger partial charge in [0.2, 0.25) is 0 Å². The summed E-state index contributed by atoms with van der Waals surface area (Å²) in [7, 11) is 0. The molecule has 4 fully saturated rings. The van der Waals surface area contributed by atoms with Gasteiger partial charge in [-0.2, -0.15) is 5.26 Å². The van der Waals surface area contributed by atoms with Crippen molar-refractivity contribution in [3.8, 4) is 6.07 Å². The number of rotatable bonds is 7. The van der Waals surface area contributed by atoms with Gasteiger partial charge in [-0.05, 0) is 147 Å². The molecule has 4 saturated carbocycles. The van der Waals surface area contributed by atoms with E-state index in [2.05, 4.69) is 61.1 Å².